The van der Waals surface area contributed by atoms with Crippen molar-refractivity contribution in [3.05, 3.63) is 81.8 Å². The normalized spacial score (nSPS) is 17.9. The molecule has 1 amide bonds. The average molecular weight is 443 g/mol. The number of anilines is 3. The number of nitrogens with zero attached hydrogens (tertiary/aromatic N) is 1. The van der Waals surface area contributed by atoms with E-state index in [2.05, 4.69) is 5.32 Å². The molecule has 1 atom stereocenters. The third-order valence-corrected chi connectivity index (χ3v) is 5.70. The molecule has 4 rings (SSSR count). The van der Waals surface area contributed by atoms with Crippen LogP contribution in [0.1, 0.15) is 18.1 Å². The first-order valence-corrected chi connectivity index (χ1v) is 10.1. The van der Waals surface area contributed by atoms with Crippen LogP contribution in [-0.4, -0.2) is 20.3 Å². The summed E-state index contributed by atoms with van der Waals surface area (Å²) in [6.07, 6.45) is -0.464. The molecule has 0 aliphatic carbocycles. The summed E-state index contributed by atoms with van der Waals surface area (Å²) in [6.45, 7) is 1.86. The standard InChI is InChI=1S/C23H20Cl2N2O3/c1-23(14-7-9-15(24)10-8-14)19-12-18(26-17-6-4-5-16(25)11-17)13-20(29-3)21(19)27(2)22(28)30-23/h4-13,26H,1-3H3. The molecule has 1 N–H and O–H groups in total. The van der Waals surface area contributed by atoms with E-state index in [4.69, 9.17) is 32.7 Å². The number of carbonyl (C=O) groups is 1. The number of fused-ring (bicyclic) bond motifs is 1. The second kappa shape index (κ2) is 7.74. The van der Waals surface area contributed by atoms with Gasteiger partial charge in [-0.05, 0) is 43.3 Å². The van der Waals surface area contributed by atoms with Crippen molar-refractivity contribution in [1.29, 1.82) is 0 Å². The molecule has 30 heavy (non-hydrogen) atoms. The molecule has 1 heterocycles. The van der Waals surface area contributed by atoms with Crippen LogP contribution in [0.4, 0.5) is 21.9 Å². The van der Waals surface area contributed by atoms with Crippen molar-refractivity contribution in [2.24, 2.45) is 0 Å². The van der Waals surface area contributed by atoms with Crippen LogP contribution in [0.3, 0.4) is 0 Å². The zero-order valence-corrected chi connectivity index (χ0v) is 18.2. The van der Waals surface area contributed by atoms with Crippen molar-refractivity contribution >= 4 is 46.4 Å². The highest BCUT2D eigenvalue weighted by Crippen LogP contribution is 2.48. The number of benzene rings is 3. The molecular weight excluding hydrogens is 423 g/mol. The molecule has 0 fully saturated rings. The van der Waals surface area contributed by atoms with Crippen LogP contribution in [0.2, 0.25) is 10.0 Å². The van der Waals surface area contributed by atoms with Crippen molar-refractivity contribution in [2.45, 2.75) is 12.5 Å². The Hall–Kier alpha value is -2.89. The Balaban J connectivity index is 1.89. The first kappa shape index (κ1) is 20.4. The van der Waals surface area contributed by atoms with Gasteiger partial charge in [-0.25, -0.2) is 4.79 Å². The second-order valence-electron chi connectivity index (χ2n) is 7.18. The molecule has 3 aromatic rings. The average Bonchev–Trinajstić information content (AvgIpc) is 2.72. The fourth-order valence-corrected chi connectivity index (χ4v) is 3.97. The van der Waals surface area contributed by atoms with Gasteiger partial charge in [0.25, 0.3) is 0 Å². The largest absolute Gasteiger partial charge is 0.494 e. The number of nitrogens with one attached hydrogen (secondary N) is 1. The van der Waals surface area contributed by atoms with Crippen molar-refractivity contribution in [3.63, 3.8) is 0 Å². The van der Waals surface area contributed by atoms with Crippen molar-refractivity contribution in [2.75, 3.05) is 24.4 Å². The lowest BCUT2D eigenvalue weighted by atomic mass is 9.85. The van der Waals surface area contributed by atoms with Crippen molar-refractivity contribution < 1.29 is 14.3 Å². The van der Waals surface area contributed by atoms with E-state index >= 15 is 0 Å². The highest BCUT2D eigenvalue weighted by molar-refractivity contribution is 6.31. The van der Waals surface area contributed by atoms with E-state index in [1.165, 1.54) is 4.90 Å². The summed E-state index contributed by atoms with van der Waals surface area (Å²) < 4.78 is 11.5. The van der Waals surface area contributed by atoms with E-state index in [0.29, 0.717) is 21.5 Å². The molecule has 5 nitrogen and oxygen atoms in total. The summed E-state index contributed by atoms with van der Waals surface area (Å²) in [5, 5.41) is 4.59. The summed E-state index contributed by atoms with van der Waals surface area (Å²) in [6, 6.07) is 18.5. The Morgan fingerprint density at radius 1 is 1.00 bits per heavy atom. The number of methoxy groups -OCH3 is 1. The summed E-state index contributed by atoms with van der Waals surface area (Å²) >= 11 is 12.2. The number of rotatable bonds is 4. The Morgan fingerprint density at radius 2 is 1.73 bits per heavy atom. The van der Waals surface area contributed by atoms with Gasteiger partial charge in [-0.1, -0.05) is 41.4 Å². The second-order valence-corrected chi connectivity index (χ2v) is 8.05. The zero-order valence-electron chi connectivity index (χ0n) is 16.7. The molecule has 0 spiro atoms. The third-order valence-electron chi connectivity index (χ3n) is 5.22. The van der Waals surface area contributed by atoms with Crippen LogP contribution in [0.15, 0.2) is 60.7 Å². The molecule has 0 saturated heterocycles. The van der Waals surface area contributed by atoms with Gasteiger partial charge in [0.2, 0.25) is 0 Å². The van der Waals surface area contributed by atoms with E-state index in [1.807, 2.05) is 55.5 Å². The van der Waals surface area contributed by atoms with Gasteiger partial charge in [0.1, 0.15) is 5.75 Å². The van der Waals surface area contributed by atoms with Gasteiger partial charge in [0, 0.05) is 45.7 Å². The van der Waals surface area contributed by atoms with Crippen molar-refractivity contribution in [1.82, 2.24) is 0 Å². The number of cyclic esters (lactones) is 1. The fraction of sp³-hybridized carbons (Fsp3) is 0.174. The van der Waals surface area contributed by atoms with Gasteiger partial charge in [-0.2, -0.15) is 0 Å². The summed E-state index contributed by atoms with van der Waals surface area (Å²) in [4.78, 5) is 14.1. The lowest BCUT2D eigenvalue weighted by molar-refractivity contribution is 0.0520. The third kappa shape index (κ3) is 3.55. The zero-order chi connectivity index (χ0) is 21.5. The van der Waals surface area contributed by atoms with Crippen LogP contribution < -0.4 is 15.0 Å². The Kier molecular flexibility index (Phi) is 5.26. The molecule has 0 bridgehead atoms. The number of hydrogen-bond acceptors (Lipinski definition) is 4. The highest BCUT2D eigenvalue weighted by atomic mass is 35.5. The molecule has 1 aliphatic heterocycles. The Morgan fingerprint density at radius 3 is 2.40 bits per heavy atom. The van der Waals surface area contributed by atoms with Crippen LogP contribution in [0.5, 0.6) is 5.75 Å². The first-order valence-electron chi connectivity index (χ1n) is 9.29. The maximum atomic E-state index is 12.7. The SMILES string of the molecule is COc1cc(Nc2cccc(Cl)c2)cc2c1N(C)C(=O)OC2(C)c1ccc(Cl)cc1. The lowest BCUT2D eigenvalue weighted by Gasteiger charge is -2.40. The topological polar surface area (TPSA) is 50.8 Å². The van der Waals surface area contributed by atoms with Crippen LogP contribution in [0.25, 0.3) is 0 Å². The highest BCUT2D eigenvalue weighted by Gasteiger charge is 2.43. The van der Waals surface area contributed by atoms with Gasteiger partial charge in [0.15, 0.2) is 5.60 Å². The Bertz CT molecular complexity index is 1120. The summed E-state index contributed by atoms with van der Waals surface area (Å²) in [5.74, 6) is 0.552. The molecule has 0 saturated carbocycles. The fourth-order valence-electron chi connectivity index (χ4n) is 3.65. The van der Waals surface area contributed by atoms with Crippen LogP contribution in [-0.2, 0) is 10.3 Å². The van der Waals surface area contributed by atoms with Crippen LogP contribution >= 0.6 is 23.2 Å². The van der Waals surface area contributed by atoms with Crippen LogP contribution in [0, 0.1) is 0 Å². The lowest BCUT2D eigenvalue weighted by Crippen LogP contribution is -2.43. The number of halogens is 2. The molecule has 7 heteroatoms. The van der Waals surface area contributed by atoms with Crippen molar-refractivity contribution in [3.8, 4) is 5.75 Å². The molecule has 3 aromatic carbocycles. The minimum atomic E-state index is -1.02. The van der Waals surface area contributed by atoms with E-state index in [9.17, 15) is 4.79 Å². The summed E-state index contributed by atoms with van der Waals surface area (Å²) in [5.41, 5.74) is 2.83. The predicted octanol–water partition coefficient (Wildman–Crippen LogP) is 6.60. The Labute approximate surface area is 185 Å². The number of carbonyl (C=O) groups excluding carboxylic acids is 1. The van der Waals surface area contributed by atoms with E-state index in [0.717, 1.165) is 22.5 Å². The minimum absolute atomic E-state index is 0.464. The maximum absolute atomic E-state index is 12.7. The van der Waals surface area contributed by atoms with Gasteiger partial charge < -0.3 is 14.8 Å². The first-order chi connectivity index (χ1) is 14.3. The minimum Gasteiger partial charge on any atom is -0.494 e. The smallest absolute Gasteiger partial charge is 0.415 e. The molecule has 0 radical (unpaired) electrons. The van der Waals surface area contributed by atoms with Gasteiger partial charge >= 0.3 is 6.09 Å². The van der Waals surface area contributed by atoms with E-state index in [1.54, 1.807) is 26.3 Å². The molecule has 154 valence electrons. The number of amides is 1. The monoisotopic (exact) mass is 442 g/mol. The van der Waals surface area contributed by atoms with Gasteiger partial charge in [-0.15, -0.1) is 0 Å². The van der Waals surface area contributed by atoms with E-state index < -0.39 is 11.7 Å². The maximum Gasteiger partial charge on any atom is 0.415 e. The molecule has 1 aliphatic rings. The predicted molar refractivity (Wildman–Crippen MR) is 121 cm³/mol. The number of ether oxygens (including phenoxy) is 2. The number of hydrogen-bond donors (Lipinski definition) is 1. The summed E-state index contributed by atoms with van der Waals surface area (Å²) in [7, 11) is 3.24. The molecule has 0 aromatic heterocycles. The van der Waals surface area contributed by atoms with Gasteiger partial charge in [-0.3, -0.25) is 4.90 Å². The van der Waals surface area contributed by atoms with E-state index in [-0.39, 0.29) is 0 Å². The molecular formula is C23H20Cl2N2O3. The van der Waals surface area contributed by atoms with Gasteiger partial charge in [0.05, 0.1) is 12.8 Å². The molecule has 1 unspecified atom stereocenters. The quantitative estimate of drug-likeness (QED) is 0.494.